The number of carbonyl (C=O) groups is 3. The van der Waals surface area contributed by atoms with Crippen LogP contribution in [0.25, 0.3) is 21.1 Å². The van der Waals surface area contributed by atoms with E-state index in [2.05, 4.69) is 25.6 Å². The third kappa shape index (κ3) is 6.35. The van der Waals surface area contributed by atoms with Crippen molar-refractivity contribution >= 4 is 50.1 Å². The second kappa shape index (κ2) is 12.9. The first-order chi connectivity index (χ1) is 21.5. The lowest BCUT2D eigenvalue weighted by molar-refractivity contribution is -0.123. The normalized spacial score (nSPS) is 12.5. The number of hydrogen-bond donors (Lipinski definition) is 3. The Kier molecular flexibility index (Phi) is 8.42. The SMILES string of the molecule is COc1cccc2[nH]c(C(=O)N[C@@H](Cc3ccccc3)C(=O)N[C@@H](Cc3cccnc3)C(=O)c3nc4ccccc4s3)cc12. The minimum Gasteiger partial charge on any atom is -0.496 e. The summed E-state index contributed by atoms with van der Waals surface area (Å²) in [6.45, 7) is 0. The maximum absolute atomic E-state index is 14.0. The Morgan fingerprint density at radius 3 is 2.41 bits per heavy atom. The molecular formula is C34H29N5O4S. The molecule has 9 nitrogen and oxygen atoms in total. The van der Waals surface area contributed by atoms with Crippen LogP contribution in [0, 0.1) is 0 Å². The first-order valence-electron chi connectivity index (χ1n) is 14.1. The van der Waals surface area contributed by atoms with Gasteiger partial charge in [0.15, 0.2) is 5.01 Å². The quantitative estimate of drug-likeness (QED) is 0.176. The van der Waals surface area contributed by atoms with Crippen LogP contribution in [0.15, 0.2) is 103 Å². The average molecular weight is 604 g/mol. The second-order valence-electron chi connectivity index (χ2n) is 10.3. The fourth-order valence-electron chi connectivity index (χ4n) is 5.09. The number of para-hydroxylation sites is 1. The van der Waals surface area contributed by atoms with Gasteiger partial charge in [-0.1, -0.05) is 54.6 Å². The molecule has 3 aromatic carbocycles. The van der Waals surface area contributed by atoms with Crippen LogP contribution >= 0.6 is 11.3 Å². The van der Waals surface area contributed by atoms with Crippen molar-refractivity contribution in [3.8, 4) is 5.75 Å². The molecule has 3 N–H and O–H groups in total. The van der Waals surface area contributed by atoms with Crippen LogP contribution in [0.2, 0.25) is 0 Å². The number of aromatic amines is 1. The highest BCUT2D eigenvalue weighted by molar-refractivity contribution is 7.20. The van der Waals surface area contributed by atoms with Crippen molar-refractivity contribution in [2.45, 2.75) is 24.9 Å². The van der Waals surface area contributed by atoms with Crippen LogP contribution in [0.5, 0.6) is 5.75 Å². The molecule has 3 aromatic heterocycles. The Hall–Kier alpha value is -5.35. The Morgan fingerprint density at radius 1 is 0.864 bits per heavy atom. The van der Waals surface area contributed by atoms with E-state index in [1.807, 2.05) is 78.9 Å². The monoisotopic (exact) mass is 603 g/mol. The summed E-state index contributed by atoms with van der Waals surface area (Å²) in [6, 6.07) is 25.8. The van der Waals surface area contributed by atoms with E-state index in [0.717, 1.165) is 32.2 Å². The van der Waals surface area contributed by atoms with Crippen LogP contribution in [0.4, 0.5) is 0 Å². The molecular weight excluding hydrogens is 574 g/mol. The Morgan fingerprint density at radius 2 is 1.64 bits per heavy atom. The summed E-state index contributed by atoms with van der Waals surface area (Å²) in [6.07, 6.45) is 3.74. The number of nitrogens with zero attached hydrogens (tertiary/aromatic N) is 2. The molecule has 2 amide bonds. The molecule has 0 spiro atoms. The highest BCUT2D eigenvalue weighted by Crippen LogP contribution is 2.26. The summed E-state index contributed by atoms with van der Waals surface area (Å²) in [4.78, 5) is 53.1. The number of pyridine rings is 1. The van der Waals surface area contributed by atoms with Crippen molar-refractivity contribution in [2.24, 2.45) is 0 Å². The van der Waals surface area contributed by atoms with Gasteiger partial charge in [0, 0.05) is 36.1 Å². The van der Waals surface area contributed by atoms with E-state index in [0.29, 0.717) is 10.8 Å². The first-order valence-corrected chi connectivity index (χ1v) is 14.9. The van der Waals surface area contributed by atoms with Crippen molar-refractivity contribution < 1.29 is 19.1 Å². The van der Waals surface area contributed by atoms with E-state index >= 15 is 0 Å². The molecule has 0 radical (unpaired) electrons. The summed E-state index contributed by atoms with van der Waals surface area (Å²) < 4.78 is 6.31. The van der Waals surface area contributed by atoms with Gasteiger partial charge in [0.2, 0.25) is 11.7 Å². The number of fused-ring (bicyclic) bond motifs is 2. The molecule has 2 atom stereocenters. The molecule has 0 fully saturated rings. The topological polar surface area (TPSA) is 126 Å². The van der Waals surface area contributed by atoms with E-state index < -0.39 is 23.9 Å². The summed E-state index contributed by atoms with van der Waals surface area (Å²) >= 11 is 1.28. The zero-order valence-electron chi connectivity index (χ0n) is 23.8. The van der Waals surface area contributed by atoms with Crippen LogP contribution in [-0.2, 0) is 17.6 Å². The van der Waals surface area contributed by atoms with Crippen LogP contribution in [0.1, 0.15) is 31.4 Å². The highest BCUT2D eigenvalue weighted by Gasteiger charge is 2.30. The second-order valence-corrected chi connectivity index (χ2v) is 11.3. The first kappa shape index (κ1) is 28.8. The predicted molar refractivity (Wildman–Crippen MR) is 170 cm³/mol. The van der Waals surface area contributed by atoms with Gasteiger partial charge in [-0.25, -0.2) is 4.98 Å². The molecule has 6 rings (SSSR count). The lowest BCUT2D eigenvalue weighted by Gasteiger charge is -2.22. The molecule has 0 saturated heterocycles. The fraction of sp³-hybridized carbons (Fsp3) is 0.147. The number of H-pyrrole nitrogens is 1. The minimum atomic E-state index is -0.974. The lowest BCUT2D eigenvalue weighted by Crippen LogP contribution is -2.53. The zero-order valence-corrected chi connectivity index (χ0v) is 24.6. The van der Waals surface area contributed by atoms with E-state index in [-0.39, 0.29) is 24.3 Å². The van der Waals surface area contributed by atoms with E-state index in [1.54, 1.807) is 31.6 Å². The van der Waals surface area contributed by atoms with Gasteiger partial charge in [-0.2, -0.15) is 0 Å². The Labute approximate surface area is 257 Å². The van der Waals surface area contributed by atoms with Gasteiger partial charge < -0.3 is 20.4 Å². The standard InChI is InChI=1S/C34H29N5O4S/c1-43-29-14-7-13-24-23(29)19-28(36-24)33(42)38-27(17-21-9-3-2-4-10-21)32(41)37-26(18-22-11-8-16-35-20-22)31(40)34-39-25-12-5-6-15-30(25)44-34/h2-16,19-20,26-27,36H,17-18H2,1H3,(H,37,41)(H,38,42)/t26-,27-/m0/s1. The number of Topliss-reactive ketones (excluding diaryl/α,β-unsaturated/α-hetero) is 1. The molecule has 0 saturated carbocycles. The zero-order chi connectivity index (χ0) is 30.5. The van der Waals surface area contributed by atoms with Gasteiger partial charge >= 0.3 is 0 Å². The highest BCUT2D eigenvalue weighted by atomic mass is 32.1. The summed E-state index contributed by atoms with van der Waals surface area (Å²) in [5.74, 6) is -0.626. The van der Waals surface area contributed by atoms with Crippen molar-refractivity contribution in [2.75, 3.05) is 7.11 Å². The number of aromatic nitrogens is 3. The molecule has 0 unspecified atom stereocenters. The number of amides is 2. The van der Waals surface area contributed by atoms with Crippen molar-refractivity contribution in [3.05, 3.63) is 125 Å². The molecule has 0 aliphatic carbocycles. The Balaban J connectivity index is 1.29. The summed E-state index contributed by atoms with van der Waals surface area (Å²) in [5.41, 5.74) is 3.37. The number of carbonyl (C=O) groups excluding carboxylic acids is 3. The van der Waals surface area contributed by atoms with E-state index in [1.165, 1.54) is 11.3 Å². The number of ether oxygens (including phenoxy) is 1. The Bertz CT molecular complexity index is 1900. The number of methoxy groups -OCH3 is 1. The molecule has 220 valence electrons. The fourth-order valence-corrected chi connectivity index (χ4v) is 6.05. The largest absolute Gasteiger partial charge is 0.496 e. The van der Waals surface area contributed by atoms with Gasteiger partial charge in [-0.05, 0) is 47.5 Å². The number of rotatable bonds is 11. The van der Waals surface area contributed by atoms with Crippen LogP contribution in [-0.4, -0.2) is 51.7 Å². The number of thiazole rings is 1. The minimum absolute atomic E-state index is 0.210. The molecule has 6 aromatic rings. The molecule has 44 heavy (non-hydrogen) atoms. The van der Waals surface area contributed by atoms with Crippen molar-refractivity contribution in [3.63, 3.8) is 0 Å². The van der Waals surface area contributed by atoms with Gasteiger partial charge in [-0.15, -0.1) is 11.3 Å². The third-order valence-corrected chi connectivity index (χ3v) is 8.34. The third-order valence-electron chi connectivity index (χ3n) is 7.29. The van der Waals surface area contributed by atoms with Crippen LogP contribution < -0.4 is 15.4 Å². The molecule has 3 heterocycles. The summed E-state index contributed by atoms with van der Waals surface area (Å²) in [5, 5.41) is 6.88. The molecule has 10 heteroatoms. The maximum Gasteiger partial charge on any atom is 0.268 e. The smallest absolute Gasteiger partial charge is 0.268 e. The van der Waals surface area contributed by atoms with Gasteiger partial charge in [0.1, 0.15) is 17.5 Å². The van der Waals surface area contributed by atoms with Crippen molar-refractivity contribution in [1.29, 1.82) is 0 Å². The maximum atomic E-state index is 14.0. The van der Waals surface area contributed by atoms with E-state index in [9.17, 15) is 14.4 Å². The molecule has 0 bridgehead atoms. The number of benzene rings is 3. The summed E-state index contributed by atoms with van der Waals surface area (Å²) in [7, 11) is 1.57. The lowest BCUT2D eigenvalue weighted by atomic mass is 10.0. The number of ketones is 1. The van der Waals surface area contributed by atoms with Gasteiger partial charge in [-0.3, -0.25) is 19.4 Å². The van der Waals surface area contributed by atoms with Gasteiger partial charge in [0.05, 0.1) is 23.4 Å². The number of nitrogens with one attached hydrogen (secondary N) is 3. The predicted octanol–water partition coefficient (Wildman–Crippen LogP) is 5.13. The molecule has 0 aliphatic rings. The van der Waals surface area contributed by atoms with Crippen LogP contribution in [0.3, 0.4) is 0 Å². The number of hydrogen-bond acceptors (Lipinski definition) is 7. The molecule has 0 aliphatic heterocycles. The van der Waals surface area contributed by atoms with Crippen molar-refractivity contribution in [1.82, 2.24) is 25.6 Å². The van der Waals surface area contributed by atoms with Gasteiger partial charge in [0.25, 0.3) is 5.91 Å². The average Bonchev–Trinajstić information content (AvgIpc) is 3.70. The van der Waals surface area contributed by atoms with E-state index in [4.69, 9.17) is 4.74 Å².